The van der Waals surface area contributed by atoms with E-state index in [1.165, 1.54) is 10.5 Å². The zero-order chi connectivity index (χ0) is 14.0. The Kier molecular flexibility index (Phi) is 4.22. The molecule has 1 unspecified atom stereocenters. The normalized spacial score (nSPS) is 21.4. The molecule has 2 heterocycles. The van der Waals surface area contributed by atoms with Crippen LogP contribution >= 0.6 is 11.3 Å². The lowest BCUT2D eigenvalue weighted by Crippen LogP contribution is -2.42. The number of aryl methyl sites for hydroxylation is 1. The average Bonchev–Trinajstić information content (AvgIpc) is 2.88. The molecule has 8 heteroatoms. The molecule has 2 rings (SSSR count). The topological polar surface area (TPSA) is 87.6 Å². The van der Waals surface area contributed by atoms with Crippen molar-refractivity contribution in [1.82, 2.24) is 9.29 Å². The van der Waals surface area contributed by atoms with Gasteiger partial charge in [-0.2, -0.15) is 4.31 Å². The number of rotatable bonds is 4. The first-order valence-electron chi connectivity index (χ1n) is 6.12. The summed E-state index contributed by atoms with van der Waals surface area (Å²) in [5.41, 5.74) is 0. The van der Waals surface area contributed by atoms with Crippen LogP contribution in [0.2, 0.25) is 0 Å². The summed E-state index contributed by atoms with van der Waals surface area (Å²) < 4.78 is 26.2. The number of carboxylic acid groups (broad SMARTS) is 1. The SMILES string of the molecule is CCc1ncc(S(=O)(=O)N2CCCC(C(=O)O)C2)s1. The van der Waals surface area contributed by atoms with E-state index in [0.29, 0.717) is 25.8 Å². The Morgan fingerprint density at radius 3 is 2.95 bits per heavy atom. The van der Waals surface area contributed by atoms with Crippen LogP contribution in [0.4, 0.5) is 0 Å². The smallest absolute Gasteiger partial charge is 0.307 e. The van der Waals surface area contributed by atoms with Gasteiger partial charge in [-0.1, -0.05) is 6.92 Å². The average molecular weight is 304 g/mol. The molecule has 1 saturated heterocycles. The lowest BCUT2D eigenvalue weighted by molar-refractivity contribution is -0.142. The fourth-order valence-corrected chi connectivity index (χ4v) is 4.87. The zero-order valence-electron chi connectivity index (χ0n) is 10.6. The van der Waals surface area contributed by atoms with E-state index in [4.69, 9.17) is 5.11 Å². The molecule has 1 fully saturated rings. The molecule has 0 radical (unpaired) electrons. The molecule has 1 aromatic rings. The molecule has 1 aromatic heterocycles. The largest absolute Gasteiger partial charge is 0.481 e. The van der Waals surface area contributed by atoms with Gasteiger partial charge < -0.3 is 5.11 Å². The van der Waals surface area contributed by atoms with E-state index in [-0.39, 0.29) is 10.8 Å². The zero-order valence-corrected chi connectivity index (χ0v) is 12.2. The Labute approximate surface area is 116 Å². The molecule has 1 aliphatic heterocycles. The Hall–Kier alpha value is -0.990. The fourth-order valence-electron chi connectivity index (χ4n) is 2.07. The van der Waals surface area contributed by atoms with Crippen molar-refractivity contribution in [3.63, 3.8) is 0 Å². The van der Waals surface area contributed by atoms with E-state index < -0.39 is 21.9 Å². The van der Waals surface area contributed by atoms with Gasteiger partial charge in [0.15, 0.2) is 4.21 Å². The van der Waals surface area contributed by atoms with Crippen molar-refractivity contribution < 1.29 is 18.3 Å². The van der Waals surface area contributed by atoms with Gasteiger partial charge in [-0.25, -0.2) is 13.4 Å². The van der Waals surface area contributed by atoms with Gasteiger partial charge >= 0.3 is 5.97 Å². The number of aliphatic carboxylic acids is 1. The van der Waals surface area contributed by atoms with Crippen LogP contribution in [-0.2, 0) is 21.2 Å². The summed E-state index contributed by atoms with van der Waals surface area (Å²) in [7, 11) is -3.59. The lowest BCUT2D eigenvalue weighted by Gasteiger charge is -2.29. The number of thiazole rings is 1. The van der Waals surface area contributed by atoms with Crippen molar-refractivity contribution in [3.05, 3.63) is 11.2 Å². The van der Waals surface area contributed by atoms with E-state index in [1.807, 2.05) is 6.92 Å². The highest BCUT2D eigenvalue weighted by molar-refractivity contribution is 7.91. The van der Waals surface area contributed by atoms with Crippen LogP contribution in [0.5, 0.6) is 0 Å². The molecular formula is C11H16N2O4S2. The number of carboxylic acids is 1. The minimum absolute atomic E-state index is 0.0526. The van der Waals surface area contributed by atoms with Gasteiger partial charge in [0.05, 0.1) is 17.1 Å². The van der Waals surface area contributed by atoms with Crippen molar-refractivity contribution in [2.45, 2.75) is 30.4 Å². The Morgan fingerprint density at radius 1 is 1.63 bits per heavy atom. The van der Waals surface area contributed by atoms with Gasteiger partial charge in [0.1, 0.15) is 0 Å². The van der Waals surface area contributed by atoms with Gasteiger partial charge in [-0.3, -0.25) is 4.79 Å². The number of hydrogen-bond acceptors (Lipinski definition) is 5. The van der Waals surface area contributed by atoms with E-state index in [0.717, 1.165) is 16.3 Å². The summed E-state index contributed by atoms with van der Waals surface area (Å²) in [6, 6.07) is 0. The van der Waals surface area contributed by atoms with Gasteiger partial charge in [0, 0.05) is 13.1 Å². The molecule has 106 valence electrons. The summed E-state index contributed by atoms with van der Waals surface area (Å²) >= 11 is 1.15. The van der Waals surface area contributed by atoms with Crippen LogP contribution in [0.15, 0.2) is 10.4 Å². The molecular weight excluding hydrogens is 288 g/mol. The highest BCUT2D eigenvalue weighted by Crippen LogP contribution is 2.27. The number of hydrogen-bond donors (Lipinski definition) is 1. The molecule has 1 N–H and O–H groups in total. The molecule has 0 bridgehead atoms. The van der Waals surface area contributed by atoms with Crippen molar-refractivity contribution in [2.75, 3.05) is 13.1 Å². The van der Waals surface area contributed by atoms with E-state index in [9.17, 15) is 13.2 Å². The Morgan fingerprint density at radius 2 is 2.37 bits per heavy atom. The third-order valence-corrected chi connectivity index (χ3v) is 6.61. The Bertz CT molecular complexity index is 567. The minimum atomic E-state index is -3.59. The second kappa shape index (κ2) is 5.56. The standard InChI is InChI=1S/C11H16N2O4S2/c1-2-9-12-6-10(18-9)19(16,17)13-5-3-4-8(7-13)11(14)15/h6,8H,2-5,7H2,1H3,(H,14,15). The molecule has 19 heavy (non-hydrogen) atoms. The number of carbonyl (C=O) groups is 1. The maximum Gasteiger partial charge on any atom is 0.307 e. The molecule has 0 aromatic carbocycles. The molecule has 1 aliphatic rings. The minimum Gasteiger partial charge on any atom is -0.481 e. The van der Waals surface area contributed by atoms with Crippen LogP contribution in [0.3, 0.4) is 0 Å². The number of aromatic nitrogens is 1. The maximum atomic E-state index is 12.4. The maximum absolute atomic E-state index is 12.4. The predicted molar refractivity (Wildman–Crippen MR) is 70.6 cm³/mol. The highest BCUT2D eigenvalue weighted by Gasteiger charge is 2.34. The van der Waals surface area contributed by atoms with Gasteiger partial charge in [0.25, 0.3) is 10.0 Å². The van der Waals surface area contributed by atoms with E-state index >= 15 is 0 Å². The highest BCUT2D eigenvalue weighted by atomic mass is 32.2. The van der Waals surface area contributed by atoms with Crippen LogP contribution in [0.1, 0.15) is 24.8 Å². The van der Waals surface area contributed by atoms with Crippen LogP contribution in [-0.4, -0.2) is 41.9 Å². The van der Waals surface area contributed by atoms with Crippen molar-refractivity contribution in [3.8, 4) is 0 Å². The lowest BCUT2D eigenvalue weighted by atomic mass is 10.0. The summed E-state index contributed by atoms with van der Waals surface area (Å²) in [6.07, 6.45) is 3.17. The number of piperidine rings is 1. The summed E-state index contributed by atoms with van der Waals surface area (Å²) in [5.74, 6) is -1.54. The van der Waals surface area contributed by atoms with Crippen LogP contribution in [0.25, 0.3) is 0 Å². The van der Waals surface area contributed by atoms with Crippen molar-refractivity contribution in [2.24, 2.45) is 5.92 Å². The number of sulfonamides is 1. The molecule has 0 spiro atoms. The van der Waals surface area contributed by atoms with E-state index in [2.05, 4.69) is 4.98 Å². The van der Waals surface area contributed by atoms with Gasteiger partial charge in [-0.15, -0.1) is 11.3 Å². The van der Waals surface area contributed by atoms with Gasteiger partial charge in [0.2, 0.25) is 0 Å². The molecule has 0 saturated carbocycles. The first-order chi connectivity index (χ1) is 8.95. The van der Waals surface area contributed by atoms with E-state index in [1.54, 1.807) is 0 Å². The van der Waals surface area contributed by atoms with Gasteiger partial charge in [-0.05, 0) is 19.3 Å². The molecule has 0 aliphatic carbocycles. The Balaban J connectivity index is 2.21. The van der Waals surface area contributed by atoms with Crippen LogP contribution in [0, 0.1) is 5.92 Å². The first-order valence-corrected chi connectivity index (χ1v) is 8.38. The fraction of sp³-hybridized carbons (Fsp3) is 0.636. The molecule has 0 amide bonds. The second-order valence-electron chi connectivity index (χ2n) is 4.47. The predicted octanol–water partition coefficient (Wildman–Crippen LogP) is 1.19. The molecule has 6 nitrogen and oxygen atoms in total. The summed E-state index contributed by atoms with van der Waals surface area (Å²) in [4.78, 5) is 15.0. The summed E-state index contributed by atoms with van der Waals surface area (Å²) in [5, 5.41) is 9.77. The second-order valence-corrected chi connectivity index (χ2v) is 7.75. The monoisotopic (exact) mass is 304 g/mol. The van der Waals surface area contributed by atoms with Crippen molar-refractivity contribution >= 4 is 27.3 Å². The quantitative estimate of drug-likeness (QED) is 0.903. The summed E-state index contributed by atoms with van der Waals surface area (Å²) in [6.45, 7) is 2.35. The van der Waals surface area contributed by atoms with Crippen molar-refractivity contribution in [1.29, 1.82) is 0 Å². The number of nitrogens with zero attached hydrogens (tertiary/aromatic N) is 2. The first kappa shape index (κ1) is 14.4. The third-order valence-electron chi connectivity index (χ3n) is 3.16. The van der Waals surface area contributed by atoms with Crippen LogP contribution < -0.4 is 0 Å². The third kappa shape index (κ3) is 2.96. The molecule has 1 atom stereocenters.